The average Bonchev–Trinajstić information content (AvgIpc) is 0.810. The third-order valence-corrected chi connectivity index (χ3v) is 18.3. The Bertz CT molecular complexity index is 4620. The molecule has 37 heteroatoms. The predicted molar refractivity (Wildman–Crippen MR) is 405 cm³/mol. The summed E-state index contributed by atoms with van der Waals surface area (Å²) in [5.74, 6) is -4.97. The number of halogens is 2. The van der Waals surface area contributed by atoms with Crippen LogP contribution in [0.5, 0.6) is 5.75 Å². The van der Waals surface area contributed by atoms with Gasteiger partial charge in [-0.25, -0.2) is 50.6 Å². The zero-order chi connectivity index (χ0) is 79.8. The molecule has 4 atom stereocenters. The highest BCUT2D eigenvalue weighted by molar-refractivity contribution is 7.93. The van der Waals surface area contributed by atoms with Crippen LogP contribution < -0.4 is 67.9 Å². The topological polar surface area (TPSA) is 454 Å². The highest BCUT2D eigenvalue weighted by atomic mass is 32.2. The second-order valence-electron chi connectivity index (χ2n) is 24.7. The first-order valence-electron chi connectivity index (χ1n) is 34.3. The predicted octanol–water partition coefficient (Wildman–Crippen LogP) is 8.74. The fourth-order valence-corrected chi connectivity index (χ4v) is 12.5. The van der Waals surface area contributed by atoms with Crippen molar-refractivity contribution in [1.29, 1.82) is 0 Å². The summed E-state index contributed by atoms with van der Waals surface area (Å²) in [5, 5.41) is 38.7. The number of sulfonamides is 1. The summed E-state index contributed by atoms with van der Waals surface area (Å²) in [6, 6.07) is 27.0. The van der Waals surface area contributed by atoms with Gasteiger partial charge in [0.2, 0.25) is 17.7 Å². The fraction of sp³-hybridized carbons (Fsp3) is 0.329. The fourth-order valence-electron chi connectivity index (χ4n) is 10.1. The first-order chi connectivity index (χ1) is 52.5. The SMILES string of the molecule is CCCNC(=O)Nc1cccc(S(=O)(=O)Nc2cccc([C@@H](CC(=O)O)NC(=O)Nc3ccc(NC(=O)NCCOCCOCCOCCC(=O)N[C@H](C(=O)N[C@@H](C)C(=O)Nc4ccc(COC(=O)NCC(=O)N=[S@@](C)(=O)Cc5ccnc(Nc6cc(-c7ccc(F)cc7OC)c(F)cn6)c5)cc4)C(C)C)cc3)c2)c1. The average molecular weight is 1560 g/mol. The molecule has 7 rings (SSSR count). The molecule has 588 valence electrons. The van der Waals surface area contributed by atoms with Crippen LogP contribution in [0.15, 0.2) is 155 Å². The quantitative estimate of drug-likeness (QED) is 0.0160. The molecule has 0 fully saturated rings. The molecular weight excluding hydrogens is 1480 g/mol. The Kier molecular flexibility index (Phi) is 33.0. The summed E-state index contributed by atoms with van der Waals surface area (Å²) < 4.78 is 102. The van der Waals surface area contributed by atoms with Crippen molar-refractivity contribution in [3.63, 3.8) is 0 Å². The lowest BCUT2D eigenvalue weighted by atomic mass is 10.0. The molecule has 0 radical (unpaired) electrons. The maximum absolute atomic E-state index is 14.9. The van der Waals surface area contributed by atoms with Gasteiger partial charge in [0.15, 0.2) is 0 Å². The smallest absolute Gasteiger partial charge is 0.407 e. The molecule has 33 nitrogen and oxygen atoms in total. The number of carboxylic acid groups (broad SMARTS) is 1. The summed E-state index contributed by atoms with van der Waals surface area (Å²) in [7, 11) is -6.03. The molecule has 110 heavy (non-hydrogen) atoms. The summed E-state index contributed by atoms with van der Waals surface area (Å²) >= 11 is 0. The number of methoxy groups -OCH3 is 1. The maximum Gasteiger partial charge on any atom is 0.407 e. The van der Waals surface area contributed by atoms with E-state index in [0.29, 0.717) is 41.2 Å². The molecule has 11 amide bonds. The minimum Gasteiger partial charge on any atom is -0.496 e. The molecule has 0 aliphatic carbocycles. The highest BCUT2D eigenvalue weighted by Gasteiger charge is 2.28. The Labute approximate surface area is 633 Å². The Morgan fingerprint density at radius 1 is 0.600 bits per heavy atom. The summed E-state index contributed by atoms with van der Waals surface area (Å²) in [6.45, 7) is 7.49. The van der Waals surface area contributed by atoms with E-state index < -0.39 is 116 Å². The van der Waals surface area contributed by atoms with Gasteiger partial charge < -0.3 is 87.3 Å². The van der Waals surface area contributed by atoms with Gasteiger partial charge >= 0.3 is 30.2 Å². The van der Waals surface area contributed by atoms with Gasteiger partial charge in [-0.2, -0.15) is 4.36 Å². The third kappa shape index (κ3) is 29.3. The monoisotopic (exact) mass is 1560 g/mol. The summed E-state index contributed by atoms with van der Waals surface area (Å²) in [4.78, 5) is 122. The van der Waals surface area contributed by atoms with E-state index in [9.17, 15) is 69.7 Å². The van der Waals surface area contributed by atoms with Gasteiger partial charge in [0, 0.05) is 77.6 Å². The number of alkyl carbamates (subject to hydrolysis) is 1. The molecule has 0 saturated heterocycles. The van der Waals surface area contributed by atoms with Crippen LogP contribution in [0.25, 0.3) is 11.1 Å². The van der Waals surface area contributed by atoms with Gasteiger partial charge in [-0.1, -0.05) is 51.1 Å². The number of anilines is 7. The third-order valence-electron chi connectivity index (χ3n) is 15.4. The number of hydrogen-bond donors (Lipinski definition) is 13. The van der Waals surface area contributed by atoms with Gasteiger partial charge in [0.05, 0.1) is 85.8 Å². The van der Waals surface area contributed by atoms with Gasteiger partial charge in [-0.05, 0) is 133 Å². The Morgan fingerprint density at radius 2 is 1.23 bits per heavy atom. The number of ether oxygens (including phenoxy) is 5. The van der Waals surface area contributed by atoms with Gasteiger partial charge in [-0.15, -0.1) is 0 Å². The van der Waals surface area contributed by atoms with E-state index in [1.807, 2.05) is 6.92 Å². The molecule has 0 bridgehead atoms. The van der Waals surface area contributed by atoms with Crippen LogP contribution in [-0.4, -0.2) is 166 Å². The number of carbonyl (C=O) groups is 9. The zero-order valence-corrected chi connectivity index (χ0v) is 62.5. The summed E-state index contributed by atoms with van der Waals surface area (Å²) in [5.41, 5.74) is 3.01. The standard InChI is InChI=1S/C73H87F2N15O18S2/c1-7-26-77-70(97)85-54-11-9-13-56(38-54)110(102,103)89-55-12-8-10-49(36-55)60(40-66(93)94)86-72(99)84-53-21-19-52(20-22-53)83-71(98)78-28-30-106-32-34-107-33-31-105-29-25-64(91)88-67(45(2)3)69(96)81-46(4)68(95)82-51-17-14-47(15-18-51)43-108-73(100)80-42-65(92)90-109(6,101)44-48-24-27-76-62(35-48)87-63-39-58(59(75)41-79-63)57-23-16-50(74)37-61(57)104-5/h8-24,27,35-39,41,45-46,60,67,89H,7,25-26,28-34,40,42-44H2,1-6H3,(H,80,100)(H,81,96)(H,82,95)(H,88,91)(H,93,94)(H,76,79,87)(H2,77,85,97)(H2,78,83,98)(H2,84,86,99)/t46-,60+,67-,109-/m0/s1. The van der Waals surface area contributed by atoms with Crippen LogP contribution in [-0.2, 0) is 75.0 Å². The number of carboxylic acids is 1. The van der Waals surface area contributed by atoms with Crippen molar-refractivity contribution >= 4 is 114 Å². The highest BCUT2D eigenvalue weighted by Crippen LogP contribution is 2.34. The Hall–Kier alpha value is -11.9. The Morgan fingerprint density at radius 3 is 1.91 bits per heavy atom. The number of rotatable bonds is 40. The summed E-state index contributed by atoms with van der Waals surface area (Å²) in [6.07, 6.45) is 2.81. The minimum absolute atomic E-state index is 0.0257. The van der Waals surface area contributed by atoms with Gasteiger partial charge in [-0.3, -0.25) is 28.7 Å². The van der Waals surface area contributed by atoms with Crippen molar-refractivity contribution in [2.24, 2.45) is 10.3 Å². The first-order valence-corrected chi connectivity index (χ1v) is 37.9. The second-order valence-corrected chi connectivity index (χ2v) is 28.8. The molecule has 2 heterocycles. The van der Waals surface area contributed by atoms with Crippen molar-refractivity contribution in [3.8, 4) is 16.9 Å². The molecule has 2 aromatic heterocycles. The lowest BCUT2D eigenvalue weighted by Crippen LogP contribution is -2.53. The van der Waals surface area contributed by atoms with Crippen LogP contribution >= 0.6 is 0 Å². The van der Waals surface area contributed by atoms with Crippen molar-refractivity contribution in [2.75, 3.05) is 104 Å². The number of nitrogens with zero attached hydrogens (tertiary/aromatic N) is 3. The molecule has 0 saturated carbocycles. The van der Waals surface area contributed by atoms with E-state index >= 15 is 0 Å². The number of urea groups is 3. The van der Waals surface area contributed by atoms with Crippen molar-refractivity contribution in [3.05, 3.63) is 174 Å². The van der Waals surface area contributed by atoms with Crippen LogP contribution in [0, 0.1) is 17.6 Å². The van der Waals surface area contributed by atoms with E-state index in [1.165, 1.54) is 117 Å². The zero-order valence-electron chi connectivity index (χ0n) is 60.9. The molecule has 0 aliphatic rings. The molecule has 0 aliphatic heterocycles. The van der Waals surface area contributed by atoms with Crippen LogP contribution in [0.2, 0.25) is 0 Å². The number of aromatic nitrogens is 2. The molecule has 7 aromatic rings. The van der Waals surface area contributed by atoms with Gasteiger partial charge in [0.25, 0.3) is 15.9 Å². The van der Waals surface area contributed by atoms with Crippen molar-refractivity contribution < 1.29 is 93.3 Å². The van der Waals surface area contributed by atoms with E-state index in [4.69, 9.17) is 23.7 Å². The number of benzene rings is 5. The first kappa shape index (κ1) is 85.3. The Balaban J connectivity index is 0.705. The molecule has 13 N–H and O–H groups in total. The van der Waals surface area contributed by atoms with Crippen LogP contribution in [0.3, 0.4) is 0 Å². The van der Waals surface area contributed by atoms with Crippen LogP contribution in [0.4, 0.5) is 68.0 Å². The van der Waals surface area contributed by atoms with E-state index in [2.05, 4.69) is 77.5 Å². The van der Waals surface area contributed by atoms with E-state index in [1.54, 1.807) is 50.2 Å². The van der Waals surface area contributed by atoms with Crippen LogP contribution in [0.1, 0.15) is 69.7 Å². The maximum atomic E-state index is 14.9. The van der Waals surface area contributed by atoms with Gasteiger partial charge in [0.1, 0.15) is 54.3 Å². The number of amides is 11. The lowest BCUT2D eigenvalue weighted by Gasteiger charge is -2.24. The number of carbonyl (C=O) groups excluding carboxylic acids is 8. The number of aliphatic carboxylic acids is 1. The minimum atomic E-state index is -4.18. The molecular formula is C73H87F2N15O18S2. The number of nitrogens with one attached hydrogen (secondary N) is 12. The number of hydrogen-bond acceptors (Lipinski definition) is 20. The molecule has 5 aromatic carbocycles. The molecule has 0 spiro atoms. The lowest BCUT2D eigenvalue weighted by molar-refractivity contribution is -0.137. The normalized spacial score (nSPS) is 12.4. The number of pyridine rings is 2. The van der Waals surface area contributed by atoms with Crippen molar-refractivity contribution in [2.45, 2.75) is 82.3 Å². The molecule has 0 unspecified atom stereocenters. The second kappa shape index (κ2) is 42.6. The van der Waals surface area contributed by atoms with E-state index in [0.717, 1.165) is 12.3 Å². The largest absolute Gasteiger partial charge is 0.496 e. The van der Waals surface area contributed by atoms with E-state index in [-0.39, 0.29) is 121 Å². The van der Waals surface area contributed by atoms with Crippen molar-refractivity contribution in [1.82, 2.24) is 41.9 Å².